The molecular formula is C13H20N2O. The number of hydrogen-bond acceptors (Lipinski definition) is 3. The van der Waals surface area contributed by atoms with E-state index in [0.29, 0.717) is 6.61 Å². The molecule has 1 aliphatic rings. The quantitative estimate of drug-likeness (QED) is 0.789. The maximum Gasteiger partial charge on any atom is 0.0933 e. The van der Waals surface area contributed by atoms with E-state index in [2.05, 4.69) is 23.1 Å². The van der Waals surface area contributed by atoms with Crippen LogP contribution in [0.4, 0.5) is 0 Å². The van der Waals surface area contributed by atoms with Gasteiger partial charge in [-0.25, -0.2) is 5.90 Å². The molecule has 0 bridgehead atoms. The summed E-state index contributed by atoms with van der Waals surface area (Å²) in [6.45, 7) is 3.97. The van der Waals surface area contributed by atoms with Gasteiger partial charge in [0.25, 0.3) is 0 Å². The number of hydrogen-bond donors (Lipinski definition) is 1. The summed E-state index contributed by atoms with van der Waals surface area (Å²) in [7, 11) is 0. The van der Waals surface area contributed by atoms with Crippen molar-refractivity contribution in [3.05, 3.63) is 35.4 Å². The van der Waals surface area contributed by atoms with Crippen molar-refractivity contribution in [3.8, 4) is 0 Å². The molecular weight excluding hydrogens is 200 g/mol. The Hall–Kier alpha value is -0.900. The van der Waals surface area contributed by atoms with E-state index in [9.17, 15) is 0 Å². The van der Waals surface area contributed by atoms with Crippen molar-refractivity contribution in [2.24, 2.45) is 5.90 Å². The second-order valence-electron chi connectivity index (χ2n) is 4.42. The maximum atomic E-state index is 5.15. The minimum absolute atomic E-state index is 0.504. The van der Waals surface area contributed by atoms with E-state index in [-0.39, 0.29) is 0 Å². The molecule has 2 rings (SSSR count). The van der Waals surface area contributed by atoms with E-state index < -0.39 is 0 Å². The van der Waals surface area contributed by atoms with Gasteiger partial charge < -0.3 is 0 Å². The van der Waals surface area contributed by atoms with Crippen molar-refractivity contribution in [2.45, 2.75) is 32.4 Å². The van der Waals surface area contributed by atoms with Gasteiger partial charge in [-0.1, -0.05) is 30.7 Å². The van der Waals surface area contributed by atoms with E-state index in [1.807, 2.05) is 6.07 Å². The molecule has 0 saturated carbocycles. The topological polar surface area (TPSA) is 38.5 Å². The lowest BCUT2D eigenvalue weighted by Gasteiger charge is -2.27. The van der Waals surface area contributed by atoms with E-state index in [4.69, 9.17) is 10.7 Å². The minimum Gasteiger partial charge on any atom is -0.300 e. The smallest absolute Gasteiger partial charge is 0.0933 e. The first kappa shape index (κ1) is 11.6. The lowest BCUT2D eigenvalue weighted by Crippen LogP contribution is -2.29. The molecule has 1 saturated heterocycles. The Morgan fingerprint density at radius 2 is 1.75 bits per heavy atom. The van der Waals surface area contributed by atoms with Gasteiger partial charge in [-0.2, -0.15) is 0 Å². The first-order valence-corrected chi connectivity index (χ1v) is 6.01. The van der Waals surface area contributed by atoms with Crippen LogP contribution in [0.3, 0.4) is 0 Å². The van der Waals surface area contributed by atoms with Gasteiger partial charge in [-0.05, 0) is 37.1 Å². The van der Waals surface area contributed by atoms with E-state index in [1.54, 1.807) is 0 Å². The van der Waals surface area contributed by atoms with Crippen LogP contribution in [0, 0.1) is 0 Å². The van der Waals surface area contributed by atoms with Crippen LogP contribution in [0.1, 0.15) is 30.4 Å². The Morgan fingerprint density at radius 1 is 1.06 bits per heavy atom. The van der Waals surface area contributed by atoms with Gasteiger partial charge in [-0.3, -0.25) is 9.74 Å². The Labute approximate surface area is 97.1 Å². The Morgan fingerprint density at radius 3 is 2.44 bits per heavy atom. The summed E-state index contributed by atoms with van der Waals surface area (Å²) in [6, 6.07) is 8.38. The third kappa shape index (κ3) is 3.04. The third-order valence-electron chi connectivity index (χ3n) is 3.20. The third-order valence-corrected chi connectivity index (χ3v) is 3.20. The summed E-state index contributed by atoms with van der Waals surface area (Å²) in [6.07, 6.45) is 4.04. The predicted molar refractivity (Wildman–Crippen MR) is 64.5 cm³/mol. The second-order valence-corrected chi connectivity index (χ2v) is 4.42. The highest BCUT2D eigenvalue weighted by atomic mass is 16.6. The summed E-state index contributed by atoms with van der Waals surface area (Å²) in [5, 5.41) is 0. The maximum absolute atomic E-state index is 5.15. The summed E-state index contributed by atoms with van der Waals surface area (Å²) < 4.78 is 0. The Balaban J connectivity index is 2.01. The monoisotopic (exact) mass is 220 g/mol. The normalized spacial score (nSPS) is 17.6. The number of likely N-dealkylation sites (tertiary alicyclic amines) is 1. The fourth-order valence-corrected chi connectivity index (χ4v) is 2.30. The van der Waals surface area contributed by atoms with Crippen LogP contribution in [-0.2, 0) is 18.0 Å². The number of nitrogens with two attached hydrogens (primary N) is 1. The van der Waals surface area contributed by atoms with Crippen LogP contribution in [-0.4, -0.2) is 18.0 Å². The molecule has 2 N–H and O–H groups in total. The molecule has 0 aromatic heterocycles. The Bertz CT molecular complexity index is 321. The molecule has 1 aliphatic heterocycles. The average molecular weight is 220 g/mol. The highest BCUT2D eigenvalue weighted by Crippen LogP contribution is 2.16. The molecule has 16 heavy (non-hydrogen) atoms. The van der Waals surface area contributed by atoms with Crippen LogP contribution in [0.15, 0.2) is 24.3 Å². The van der Waals surface area contributed by atoms with Gasteiger partial charge in [0.15, 0.2) is 0 Å². The standard InChI is InChI=1S/C13H20N2O/c14-16-11-13-7-3-2-6-12(13)10-15-8-4-1-5-9-15/h2-3,6-7H,1,4-5,8-11,14H2. The number of piperidine rings is 1. The van der Waals surface area contributed by atoms with Gasteiger partial charge in [0, 0.05) is 6.54 Å². The second kappa shape index (κ2) is 5.99. The van der Waals surface area contributed by atoms with Gasteiger partial charge in [0.2, 0.25) is 0 Å². The molecule has 1 aromatic carbocycles. The highest BCUT2D eigenvalue weighted by Gasteiger charge is 2.11. The summed E-state index contributed by atoms with van der Waals surface area (Å²) in [4.78, 5) is 7.25. The van der Waals surface area contributed by atoms with Crippen LogP contribution < -0.4 is 5.90 Å². The molecule has 0 aliphatic carbocycles. The molecule has 1 fully saturated rings. The minimum atomic E-state index is 0.504. The molecule has 0 atom stereocenters. The predicted octanol–water partition coefficient (Wildman–Crippen LogP) is 2.06. The molecule has 3 nitrogen and oxygen atoms in total. The summed E-state index contributed by atoms with van der Waals surface area (Å²) in [5.41, 5.74) is 2.55. The summed E-state index contributed by atoms with van der Waals surface area (Å²) in [5.74, 6) is 5.15. The van der Waals surface area contributed by atoms with Gasteiger partial charge in [0.05, 0.1) is 6.61 Å². The zero-order chi connectivity index (χ0) is 11.2. The molecule has 1 heterocycles. The molecule has 0 radical (unpaired) electrons. The van der Waals surface area contributed by atoms with Crippen molar-refractivity contribution in [1.29, 1.82) is 0 Å². The average Bonchev–Trinajstić information content (AvgIpc) is 2.33. The summed E-state index contributed by atoms with van der Waals surface area (Å²) >= 11 is 0. The number of rotatable bonds is 4. The number of nitrogens with zero attached hydrogens (tertiary/aromatic N) is 1. The van der Waals surface area contributed by atoms with Crippen LogP contribution in [0.5, 0.6) is 0 Å². The fourth-order valence-electron chi connectivity index (χ4n) is 2.30. The van der Waals surface area contributed by atoms with Crippen LogP contribution in [0.2, 0.25) is 0 Å². The molecule has 1 aromatic rings. The van der Waals surface area contributed by atoms with E-state index >= 15 is 0 Å². The zero-order valence-electron chi connectivity index (χ0n) is 9.69. The first-order valence-electron chi connectivity index (χ1n) is 6.01. The van der Waals surface area contributed by atoms with Gasteiger partial charge in [0.1, 0.15) is 0 Å². The van der Waals surface area contributed by atoms with Crippen molar-refractivity contribution >= 4 is 0 Å². The van der Waals surface area contributed by atoms with Crippen molar-refractivity contribution in [1.82, 2.24) is 4.90 Å². The van der Waals surface area contributed by atoms with Crippen molar-refractivity contribution in [3.63, 3.8) is 0 Å². The molecule has 0 unspecified atom stereocenters. The molecule has 88 valence electrons. The molecule has 0 spiro atoms. The molecule has 0 amide bonds. The van der Waals surface area contributed by atoms with Crippen molar-refractivity contribution in [2.75, 3.05) is 13.1 Å². The lowest BCUT2D eigenvalue weighted by atomic mass is 10.1. The largest absolute Gasteiger partial charge is 0.300 e. The lowest BCUT2D eigenvalue weighted by molar-refractivity contribution is 0.122. The van der Waals surface area contributed by atoms with E-state index in [1.165, 1.54) is 43.5 Å². The van der Waals surface area contributed by atoms with Gasteiger partial charge in [-0.15, -0.1) is 0 Å². The van der Waals surface area contributed by atoms with Crippen LogP contribution in [0.25, 0.3) is 0 Å². The zero-order valence-corrected chi connectivity index (χ0v) is 9.69. The SMILES string of the molecule is NOCc1ccccc1CN1CCCCC1. The van der Waals surface area contributed by atoms with Gasteiger partial charge >= 0.3 is 0 Å². The molecule has 3 heteroatoms. The first-order chi connectivity index (χ1) is 7.90. The van der Waals surface area contributed by atoms with Crippen LogP contribution >= 0.6 is 0 Å². The fraction of sp³-hybridized carbons (Fsp3) is 0.538. The van der Waals surface area contributed by atoms with Crippen molar-refractivity contribution < 1.29 is 4.84 Å². The highest BCUT2D eigenvalue weighted by molar-refractivity contribution is 5.26. The van der Waals surface area contributed by atoms with E-state index in [0.717, 1.165) is 6.54 Å². The Kier molecular flexibility index (Phi) is 4.34. The number of benzene rings is 1.